The van der Waals surface area contributed by atoms with Crippen LogP contribution < -0.4 is 10.6 Å². The number of benzene rings is 1. The van der Waals surface area contributed by atoms with Crippen LogP contribution in [-0.4, -0.2) is 55.7 Å². The third kappa shape index (κ3) is 3.90. The lowest BCUT2D eigenvalue weighted by molar-refractivity contribution is -0.140. The van der Waals surface area contributed by atoms with E-state index in [1.807, 2.05) is 4.90 Å². The predicted molar refractivity (Wildman–Crippen MR) is 87.2 cm³/mol. The van der Waals surface area contributed by atoms with Crippen molar-refractivity contribution in [2.45, 2.75) is 24.6 Å². The molecule has 0 spiro atoms. The Labute approximate surface area is 144 Å². The molecule has 2 aliphatic heterocycles. The third-order valence-electron chi connectivity index (χ3n) is 4.92. The van der Waals surface area contributed by atoms with Crippen molar-refractivity contribution in [1.82, 2.24) is 4.90 Å². The van der Waals surface area contributed by atoms with Crippen LogP contribution in [0.3, 0.4) is 0 Å². The fourth-order valence-corrected chi connectivity index (χ4v) is 3.31. The second-order valence-electron chi connectivity index (χ2n) is 6.60. The maximum atomic E-state index is 12.9. The van der Waals surface area contributed by atoms with Gasteiger partial charge in [0.25, 0.3) is 0 Å². The van der Waals surface area contributed by atoms with E-state index < -0.39 is 17.3 Å². The molecule has 0 aromatic heterocycles. The highest BCUT2D eigenvalue weighted by atomic mass is 19.4. The molecule has 5 nitrogen and oxygen atoms in total. The van der Waals surface area contributed by atoms with Gasteiger partial charge < -0.3 is 20.3 Å². The Morgan fingerprint density at radius 1 is 1.12 bits per heavy atom. The summed E-state index contributed by atoms with van der Waals surface area (Å²) in [5.41, 5.74) is 5.22. The predicted octanol–water partition coefficient (Wildman–Crippen LogP) is 1.86. The molecule has 0 unspecified atom stereocenters. The normalized spacial score (nSPS) is 21.3. The minimum Gasteiger partial charge on any atom is -0.381 e. The number of anilines is 1. The minimum absolute atomic E-state index is 0.0838. The molecule has 0 atom stereocenters. The molecule has 138 valence electrons. The van der Waals surface area contributed by atoms with Gasteiger partial charge in [-0.05, 0) is 31.0 Å². The molecule has 2 heterocycles. The topological polar surface area (TPSA) is 58.8 Å². The fourth-order valence-electron chi connectivity index (χ4n) is 3.31. The number of halogens is 3. The standard InChI is InChI=1S/C17H22F3N3O2/c18-17(19,20)13-2-1-3-14(12-13)22-6-8-23(9-7-22)15(24)16(21)4-10-25-11-5-16/h1-3,12H,4-11,21H2. The summed E-state index contributed by atoms with van der Waals surface area (Å²) in [6.45, 7) is 2.84. The minimum atomic E-state index is -4.36. The maximum absolute atomic E-state index is 12.9. The first kappa shape index (κ1) is 18.0. The van der Waals surface area contributed by atoms with Gasteiger partial charge in [-0.3, -0.25) is 4.79 Å². The summed E-state index contributed by atoms with van der Waals surface area (Å²) in [7, 11) is 0. The second-order valence-corrected chi connectivity index (χ2v) is 6.60. The summed E-state index contributed by atoms with van der Waals surface area (Å²) in [5, 5.41) is 0. The number of rotatable bonds is 2. The van der Waals surface area contributed by atoms with E-state index in [1.165, 1.54) is 6.07 Å². The second kappa shape index (κ2) is 6.84. The lowest BCUT2D eigenvalue weighted by atomic mass is 9.89. The van der Waals surface area contributed by atoms with Crippen LogP contribution in [0.2, 0.25) is 0 Å². The number of alkyl halides is 3. The molecule has 2 aliphatic rings. The van der Waals surface area contributed by atoms with Gasteiger partial charge in [-0.15, -0.1) is 0 Å². The number of nitrogens with zero attached hydrogens (tertiary/aromatic N) is 2. The Morgan fingerprint density at radius 3 is 2.36 bits per heavy atom. The molecule has 8 heteroatoms. The Balaban J connectivity index is 1.63. The number of amides is 1. The quantitative estimate of drug-likeness (QED) is 0.878. The highest BCUT2D eigenvalue weighted by molar-refractivity contribution is 5.86. The molecule has 2 fully saturated rings. The molecule has 0 radical (unpaired) electrons. The van der Waals surface area contributed by atoms with Crippen LogP contribution in [0.25, 0.3) is 0 Å². The van der Waals surface area contributed by atoms with E-state index in [4.69, 9.17) is 10.5 Å². The Morgan fingerprint density at radius 2 is 1.76 bits per heavy atom. The van der Waals surface area contributed by atoms with Crippen LogP contribution in [0.15, 0.2) is 24.3 Å². The zero-order valence-corrected chi connectivity index (χ0v) is 13.9. The molecule has 2 N–H and O–H groups in total. The highest BCUT2D eigenvalue weighted by Crippen LogP contribution is 2.32. The van der Waals surface area contributed by atoms with Gasteiger partial charge >= 0.3 is 6.18 Å². The van der Waals surface area contributed by atoms with Gasteiger partial charge in [0.2, 0.25) is 5.91 Å². The van der Waals surface area contributed by atoms with Gasteiger partial charge in [0.15, 0.2) is 0 Å². The van der Waals surface area contributed by atoms with Crippen molar-refractivity contribution in [1.29, 1.82) is 0 Å². The molecule has 0 bridgehead atoms. The van der Waals surface area contributed by atoms with E-state index >= 15 is 0 Å². The molecule has 1 aromatic rings. The molecule has 2 saturated heterocycles. The Kier molecular flexibility index (Phi) is 4.92. The monoisotopic (exact) mass is 357 g/mol. The van der Waals surface area contributed by atoms with Crippen molar-refractivity contribution in [2.75, 3.05) is 44.3 Å². The Bertz CT molecular complexity index is 622. The largest absolute Gasteiger partial charge is 0.416 e. The summed E-state index contributed by atoms with van der Waals surface area (Å²) in [4.78, 5) is 16.3. The summed E-state index contributed by atoms with van der Waals surface area (Å²) >= 11 is 0. The molecular formula is C17H22F3N3O2. The molecule has 25 heavy (non-hydrogen) atoms. The van der Waals surface area contributed by atoms with Crippen LogP contribution in [0, 0.1) is 0 Å². The van der Waals surface area contributed by atoms with Crippen molar-refractivity contribution >= 4 is 11.6 Å². The van der Waals surface area contributed by atoms with Gasteiger partial charge in [-0.25, -0.2) is 0 Å². The molecule has 0 aliphatic carbocycles. The zero-order chi connectivity index (χ0) is 18.1. The molecule has 3 rings (SSSR count). The number of hydrogen-bond acceptors (Lipinski definition) is 4. The zero-order valence-electron chi connectivity index (χ0n) is 13.9. The summed E-state index contributed by atoms with van der Waals surface area (Å²) < 4.78 is 43.8. The van der Waals surface area contributed by atoms with Crippen LogP contribution in [0.4, 0.5) is 18.9 Å². The fraction of sp³-hybridized carbons (Fsp3) is 0.588. The van der Waals surface area contributed by atoms with Crippen LogP contribution >= 0.6 is 0 Å². The van der Waals surface area contributed by atoms with Crippen molar-refractivity contribution in [3.05, 3.63) is 29.8 Å². The SMILES string of the molecule is NC1(C(=O)N2CCN(c3cccc(C(F)(F)F)c3)CC2)CCOCC1. The van der Waals surface area contributed by atoms with Gasteiger partial charge in [0.1, 0.15) is 0 Å². The van der Waals surface area contributed by atoms with Crippen molar-refractivity contribution in [3.8, 4) is 0 Å². The van der Waals surface area contributed by atoms with Crippen LogP contribution in [0.5, 0.6) is 0 Å². The van der Waals surface area contributed by atoms with E-state index in [0.29, 0.717) is 57.9 Å². The lowest BCUT2D eigenvalue weighted by Gasteiger charge is -2.41. The summed E-state index contributed by atoms with van der Waals surface area (Å²) in [6.07, 6.45) is -3.36. The van der Waals surface area contributed by atoms with E-state index in [2.05, 4.69) is 0 Å². The van der Waals surface area contributed by atoms with E-state index in [-0.39, 0.29) is 5.91 Å². The third-order valence-corrected chi connectivity index (χ3v) is 4.92. The maximum Gasteiger partial charge on any atom is 0.416 e. The number of nitrogens with two attached hydrogens (primary N) is 1. The number of ether oxygens (including phenoxy) is 1. The number of hydrogen-bond donors (Lipinski definition) is 1. The molecule has 1 aromatic carbocycles. The molecule has 1 amide bonds. The van der Waals surface area contributed by atoms with Crippen LogP contribution in [-0.2, 0) is 15.7 Å². The number of carbonyl (C=O) groups is 1. The average molecular weight is 357 g/mol. The lowest BCUT2D eigenvalue weighted by Crippen LogP contribution is -2.61. The number of piperazine rings is 1. The number of carbonyl (C=O) groups excluding carboxylic acids is 1. The van der Waals surface area contributed by atoms with E-state index in [0.717, 1.165) is 12.1 Å². The van der Waals surface area contributed by atoms with E-state index in [1.54, 1.807) is 11.0 Å². The molecular weight excluding hydrogens is 335 g/mol. The van der Waals surface area contributed by atoms with Crippen molar-refractivity contribution in [3.63, 3.8) is 0 Å². The first-order valence-electron chi connectivity index (χ1n) is 8.38. The van der Waals surface area contributed by atoms with Gasteiger partial charge in [0.05, 0.1) is 11.1 Å². The van der Waals surface area contributed by atoms with Crippen molar-refractivity contribution < 1.29 is 22.7 Å². The molecule has 0 saturated carbocycles. The van der Waals surface area contributed by atoms with Crippen LogP contribution in [0.1, 0.15) is 18.4 Å². The van der Waals surface area contributed by atoms with Gasteiger partial charge in [-0.1, -0.05) is 6.07 Å². The van der Waals surface area contributed by atoms with Crippen molar-refractivity contribution in [2.24, 2.45) is 5.73 Å². The first-order valence-corrected chi connectivity index (χ1v) is 8.38. The summed E-state index contributed by atoms with van der Waals surface area (Å²) in [6, 6.07) is 5.29. The average Bonchev–Trinajstić information content (AvgIpc) is 2.61. The highest BCUT2D eigenvalue weighted by Gasteiger charge is 2.40. The smallest absolute Gasteiger partial charge is 0.381 e. The van der Waals surface area contributed by atoms with E-state index in [9.17, 15) is 18.0 Å². The first-order chi connectivity index (χ1) is 11.8. The van der Waals surface area contributed by atoms with Gasteiger partial charge in [0, 0.05) is 45.1 Å². The van der Waals surface area contributed by atoms with Gasteiger partial charge in [-0.2, -0.15) is 13.2 Å². The Hall–Kier alpha value is -1.80. The summed E-state index contributed by atoms with van der Waals surface area (Å²) in [5.74, 6) is -0.0838.